The highest BCUT2D eigenvalue weighted by Gasteiger charge is 2.23. The average Bonchev–Trinajstić information content (AvgIpc) is 2.40. The van der Waals surface area contributed by atoms with Gasteiger partial charge < -0.3 is 10.0 Å². The standard InChI is InChI=1S/C13H20FN3O/c1-2-11-12(14)13(16-9-15-11)17-6-3-4-10(8-17)5-7-18/h9-10,18H,2-8H2,1H3. The van der Waals surface area contributed by atoms with E-state index in [9.17, 15) is 4.39 Å². The van der Waals surface area contributed by atoms with Crippen LogP contribution in [0.4, 0.5) is 10.2 Å². The number of hydrogen-bond acceptors (Lipinski definition) is 4. The molecule has 1 aliphatic heterocycles. The van der Waals surface area contributed by atoms with Gasteiger partial charge in [-0.3, -0.25) is 0 Å². The molecule has 1 unspecified atom stereocenters. The Balaban J connectivity index is 2.15. The minimum atomic E-state index is -0.287. The van der Waals surface area contributed by atoms with E-state index in [2.05, 4.69) is 9.97 Å². The predicted molar refractivity (Wildman–Crippen MR) is 68.0 cm³/mol. The first-order valence-corrected chi connectivity index (χ1v) is 6.61. The Hall–Kier alpha value is -1.23. The number of aliphatic hydroxyl groups excluding tert-OH is 1. The van der Waals surface area contributed by atoms with Crippen molar-refractivity contribution in [3.05, 3.63) is 17.8 Å². The highest BCUT2D eigenvalue weighted by atomic mass is 19.1. The Kier molecular flexibility index (Phi) is 4.47. The molecule has 0 amide bonds. The van der Waals surface area contributed by atoms with E-state index >= 15 is 0 Å². The molecule has 4 nitrogen and oxygen atoms in total. The van der Waals surface area contributed by atoms with Gasteiger partial charge in [0.1, 0.15) is 6.33 Å². The van der Waals surface area contributed by atoms with E-state index in [1.807, 2.05) is 11.8 Å². The number of aromatic nitrogens is 2. The number of piperidine rings is 1. The molecule has 1 saturated heterocycles. The number of aryl methyl sites for hydroxylation is 1. The summed E-state index contributed by atoms with van der Waals surface area (Å²) >= 11 is 0. The molecule has 0 aromatic carbocycles. The zero-order valence-corrected chi connectivity index (χ0v) is 10.8. The zero-order chi connectivity index (χ0) is 13.0. The van der Waals surface area contributed by atoms with E-state index in [0.717, 1.165) is 32.4 Å². The molecular weight excluding hydrogens is 233 g/mol. The first-order valence-electron chi connectivity index (χ1n) is 6.61. The van der Waals surface area contributed by atoms with Gasteiger partial charge in [-0.2, -0.15) is 0 Å². The maximum absolute atomic E-state index is 14.2. The summed E-state index contributed by atoms with van der Waals surface area (Å²) in [6.07, 6.45) is 4.92. The first-order chi connectivity index (χ1) is 8.76. The lowest BCUT2D eigenvalue weighted by molar-refractivity contribution is 0.244. The molecule has 0 aliphatic carbocycles. The van der Waals surface area contributed by atoms with E-state index in [4.69, 9.17) is 5.11 Å². The monoisotopic (exact) mass is 253 g/mol. The van der Waals surface area contributed by atoms with Gasteiger partial charge in [-0.15, -0.1) is 0 Å². The van der Waals surface area contributed by atoms with Gasteiger partial charge in [0.2, 0.25) is 0 Å². The van der Waals surface area contributed by atoms with Crippen LogP contribution < -0.4 is 4.90 Å². The average molecular weight is 253 g/mol. The lowest BCUT2D eigenvalue weighted by Gasteiger charge is -2.33. The SMILES string of the molecule is CCc1ncnc(N2CCCC(CCO)C2)c1F. The van der Waals surface area contributed by atoms with Gasteiger partial charge in [-0.05, 0) is 31.6 Å². The smallest absolute Gasteiger partial charge is 0.187 e. The van der Waals surface area contributed by atoms with Crippen LogP contribution in [0.15, 0.2) is 6.33 Å². The lowest BCUT2D eigenvalue weighted by atomic mass is 9.95. The molecule has 1 aromatic heterocycles. The molecule has 1 N–H and O–H groups in total. The third-order valence-corrected chi connectivity index (χ3v) is 3.53. The quantitative estimate of drug-likeness (QED) is 0.888. The molecule has 0 radical (unpaired) electrons. The topological polar surface area (TPSA) is 49.2 Å². The molecule has 100 valence electrons. The second-order valence-corrected chi connectivity index (χ2v) is 4.78. The maximum atomic E-state index is 14.2. The Morgan fingerprint density at radius 3 is 3.06 bits per heavy atom. The third-order valence-electron chi connectivity index (χ3n) is 3.53. The molecule has 1 atom stereocenters. The Morgan fingerprint density at radius 2 is 2.33 bits per heavy atom. The van der Waals surface area contributed by atoms with E-state index in [1.54, 1.807) is 0 Å². The Labute approximate surface area is 107 Å². The van der Waals surface area contributed by atoms with Crippen LogP contribution in [0.2, 0.25) is 0 Å². The summed E-state index contributed by atoms with van der Waals surface area (Å²) in [5.41, 5.74) is 0.476. The summed E-state index contributed by atoms with van der Waals surface area (Å²) in [6.45, 7) is 3.70. The largest absolute Gasteiger partial charge is 0.396 e. The number of aliphatic hydroxyl groups is 1. The molecule has 1 aromatic rings. The fourth-order valence-electron chi connectivity index (χ4n) is 2.54. The van der Waals surface area contributed by atoms with Crippen LogP contribution in [0, 0.1) is 11.7 Å². The van der Waals surface area contributed by atoms with E-state index < -0.39 is 0 Å². The summed E-state index contributed by atoms with van der Waals surface area (Å²) in [4.78, 5) is 10.0. The summed E-state index contributed by atoms with van der Waals surface area (Å²) in [5, 5.41) is 8.99. The second-order valence-electron chi connectivity index (χ2n) is 4.78. The van der Waals surface area contributed by atoms with Crippen molar-refractivity contribution in [3.8, 4) is 0 Å². The Bertz CT molecular complexity index is 398. The van der Waals surface area contributed by atoms with Crippen LogP contribution in [-0.2, 0) is 6.42 Å². The highest BCUT2D eigenvalue weighted by Crippen LogP contribution is 2.26. The van der Waals surface area contributed by atoms with Crippen LogP contribution in [0.1, 0.15) is 31.9 Å². The van der Waals surface area contributed by atoms with Crippen LogP contribution in [0.25, 0.3) is 0 Å². The highest BCUT2D eigenvalue weighted by molar-refractivity contribution is 5.41. The fraction of sp³-hybridized carbons (Fsp3) is 0.692. The number of hydrogen-bond donors (Lipinski definition) is 1. The van der Waals surface area contributed by atoms with Gasteiger partial charge in [-0.25, -0.2) is 14.4 Å². The summed E-state index contributed by atoms with van der Waals surface area (Å²) in [6, 6.07) is 0. The van der Waals surface area contributed by atoms with E-state index in [1.165, 1.54) is 6.33 Å². The summed E-state index contributed by atoms with van der Waals surface area (Å²) in [5.74, 6) is 0.567. The van der Waals surface area contributed by atoms with Crippen LogP contribution in [0.3, 0.4) is 0 Å². The van der Waals surface area contributed by atoms with Gasteiger partial charge in [0.05, 0.1) is 5.69 Å². The van der Waals surface area contributed by atoms with Crippen LogP contribution in [0.5, 0.6) is 0 Å². The van der Waals surface area contributed by atoms with Gasteiger partial charge in [0, 0.05) is 19.7 Å². The predicted octanol–water partition coefficient (Wildman–Crippen LogP) is 1.78. The normalized spacial score (nSPS) is 20.2. The van der Waals surface area contributed by atoms with Gasteiger partial charge in [0.15, 0.2) is 11.6 Å². The van der Waals surface area contributed by atoms with Gasteiger partial charge in [-0.1, -0.05) is 6.92 Å². The first kappa shape index (κ1) is 13.2. The van der Waals surface area contributed by atoms with Crippen LogP contribution in [-0.4, -0.2) is 34.8 Å². The number of nitrogens with zero attached hydrogens (tertiary/aromatic N) is 3. The van der Waals surface area contributed by atoms with Gasteiger partial charge >= 0.3 is 0 Å². The Morgan fingerprint density at radius 1 is 1.50 bits per heavy atom. The second kappa shape index (κ2) is 6.09. The molecule has 2 heterocycles. The molecule has 5 heteroatoms. The molecule has 0 saturated carbocycles. The van der Waals surface area contributed by atoms with Crippen molar-refractivity contribution in [1.82, 2.24) is 9.97 Å². The van der Waals surface area contributed by atoms with Crippen molar-refractivity contribution in [2.24, 2.45) is 5.92 Å². The fourth-order valence-corrected chi connectivity index (χ4v) is 2.54. The van der Waals surface area contributed by atoms with E-state index in [0.29, 0.717) is 23.9 Å². The van der Waals surface area contributed by atoms with Crippen molar-refractivity contribution >= 4 is 5.82 Å². The molecule has 1 aliphatic rings. The van der Waals surface area contributed by atoms with Crippen molar-refractivity contribution in [2.75, 3.05) is 24.6 Å². The minimum Gasteiger partial charge on any atom is -0.396 e. The summed E-state index contributed by atoms with van der Waals surface area (Å²) < 4.78 is 14.2. The summed E-state index contributed by atoms with van der Waals surface area (Å²) in [7, 11) is 0. The molecular formula is C13H20FN3O. The minimum absolute atomic E-state index is 0.199. The van der Waals surface area contributed by atoms with Crippen molar-refractivity contribution in [1.29, 1.82) is 0 Å². The van der Waals surface area contributed by atoms with Crippen LogP contribution >= 0.6 is 0 Å². The third kappa shape index (κ3) is 2.77. The number of halogens is 1. The lowest BCUT2D eigenvalue weighted by Crippen LogP contribution is -2.37. The van der Waals surface area contributed by atoms with Crippen molar-refractivity contribution in [2.45, 2.75) is 32.6 Å². The zero-order valence-electron chi connectivity index (χ0n) is 10.8. The van der Waals surface area contributed by atoms with E-state index in [-0.39, 0.29) is 12.4 Å². The van der Waals surface area contributed by atoms with Crippen molar-refractivity contribution in [3.63, 3.8) is 0 Å². The molecule has 0 bridgehead atoms. The molecule has 1 fully saturated rings. The molecule has 0 spiro atoms. The van der Waals surface area contributed by atoms with Crippen molar-refractivity contribution < 1.29 is 9.50 Å². The molecule has 18 heavy (non-hydrogen) atoms. The number of anilines is 1. The molecule has 2 rings (SSSR count). The number of rotatable bonds is 4. The van der Waals surface area contributed by atoms with Gasteiger partial charge in [0.25, 0.3) is 0 Å². The maximum Gasteiger partial charge on any atom is 0.187 e.